The Kier molecular flexibility index (Phi) is 4.75. The predicted octanol–water partition coefficient (Wildman–Crippen LogP) is 2.11. The second-order valence-corrected chi connectivity index (χ2v) is 5.47. The van der Waals surface area contributed by atoms with Crippen LogP contribution in [0, 0.1) is 13.8 Å². The first-order valence-corrected chi connectivity index (χ1v) is 6.98. The zero-order valence-corrected chi connectivity index (χ0v) is 13.1. The van der Waals surface area contributed by atoms with Crippen LogP contribution in [0.15, 0.2) is 30.5 Å². The van der Waals surface area contributed by atoms with E-state index in [1.165, 1.54) is 5.56 Å². The summed E-state index contributed by atoms with van der Waals surface area (Å²) >= 11 is 0. The van der Waals surface area contributed by atoms with Gasteiger partial charge in [-0.05, 0) is 33.0 Å². The fourth-order valence-corrected chi connectivity index (χ4v) is 2.13. The Hall–Kier alpha value is -2.14. The van der Waals surface area contributed by atoms with E-state index in [0.29, 0.717) is 13.1 Å². The first kappa shape index (κ1) is 15.3. The molecule has 1 amide bonds. The van der Waals surface area contributed by atoms with Crippen molar-refractivity contribution < 1.29 is 4.79 Å². The minimum absolute atomic E-state index is 0.0112. The average Bonchev–Trinajstić information content (AvgIpc) is 2.73. The van der Waals surface area contributed by atoms with Crippen molar-refractivity contribution in [3.05, 3.63) is 47.3 Å². The third-order valence-electron chi connectivity index (χ3n) is 3.53. The molecule has 1 heterocycles. The van der Waals surface area contributed by atoms with E-state index in [9.17, 15) is 4.79 Å². The van der Waals surface area contributed by atoms with Gasteiger partial charge >= 0.3 is 0 Å². The molecule has 0 saturated heterocycles. The molecule has 0 unspecified atom stereocenters. The second kappa shape index (κ2) is 6.54. The molecule has 5 nitrogen and oxygen atoms in total. The van der Waals surface area contributed by atoms with Crippen molar-refractivity contribution in [2.24, 2.45) is 7.05 Å². The lowest BCUT2D eigenvalue weighted by Crippen LogP contribution is -2.29. The molecule has 1 N–H and O–H groups in total. The highest BCUT2D eigenvalue weighted by molar-refractivity contribution is 5.92. The van der Waals surface area contributed by atoms with Crippen LogP contribution in [0.1, 0.15) is 16.8 Å². The third kappa shape index (κ3) is 4.16. The molecule has 0 atom stereocenters. The van der Waals surface area contributed by atoms with Crippen molar-refractivity contribution in [1.82, 2.24) is 14.7 Å². The van der Waals surface area contributed by atoms with E-state index in [4.69, 9.17) is 0 Å². The summed E-state index contributed by atoms with van der Waals surface area (Å²) in [5.41, 5.74) is 4.28. The number of aryl methyl sites for hydroxylation is 2. The summed E-state index contributed by atoms with van der Waals surface area (Å²) in [6.45, 7) is 5.11. The van der Waals surface area contributed by atoms with Gasteiger partial charge in [-0.15, -0.1) is 0 Å². The molecule has 2 aromatic rings. The quantitative estimate of drug-likeness (QED) is 0.916. The van der Waals surface area contributed by atoms with E-state index in [2.05, 4.69) is 10.4 Å². The lowest BCUT2D eigenvalue weighted by molar-refractivity contribution is -0.117. The monoisotopic (exact) mass is 286 g/mol. The van der Waals surface area contributed by atoms with Crippen LogP contribution in [-0.4, -0.2) is 34.2 Å². The Labute approximate surface area is 125 Å². The summed E-state index contributed by atoms with van der Waals surface area (Å²) < 4.78 is 1.84. The number of anilines is 1. The molecule has 112 valence electrons. The highest BCUT2D eigenvalue weighted by atomic mass is 16.2. The second-order valence-electron chi connectivity index (χ2n) is 5.47. The molecule has 0 aliphatic heterocycles. The highest BCUT2D eigenvalue weighted by Gasteiger charge is 2.10. The van der Waals surface area contributed by atoms with Gasteiger partial charge in [-0.3, -0.25) is 14.4 Å². The number of nitrogens with one attached hydrogen (secondary N) is 1. The molecule has 0 aliphatic rings. The molecule has 2 rings (SSSR count). The lowest BCUT2D eigenvalue weighted by atomic mass is 10.2. The number of hydrogen-bond acceptors (Lipinski definition) is 3. The minimum atomic E-state index is -0.0112. The lowest BCUT2D eigenvalue weighted by Gasteiger charge is -2.16. The number of rotatable bonds is 5. The van der Waals surface area contributed by atoms with Gasteiger partial charge in [0.2, 0.25) is 5.91 Å². The smallest absolute Gasteiger partial charge is 0.238 e. The van der Waals surface area contributed by atoms with Gasteiger partial charge in [-0.1, -0.05) is 17.7 Å². The Morgan fingerprint density at radius 2 is 1.95 bits per heavy atom. The van der Waals surface area contributed by atoms with Crippen LogP contribution in [0.2, 0.25) is 0 Å². The van der Waals surface area contributed by atoms with Gasteiger partial charge in [-0.25, -0.2) is 0 Å². The maximum Gasteiger partial charge on any atom is 0.238 e. The van der Waals surface area contributed by atoms with Crippen LogP contribution >= 0.6 is 0 Å². The molecule has 0 fully saturated rings. The van der Waals surface area contributed by atoms with Gasteiger partial charge < -0.3 is 5.32 Å². The summed E-state index contributed by atoms with van der Waals surface area (Å²) in [5.74, 6) is -0.0112. The Morgan fingerprint density at radius 3 is 2.52 bits per heavy atom. The first-order valence-electron chi connectivity index (χ1n) is 6.98. The summed E-state index contributed by atoms with van der Waals surface area (Å²) in [5, 5.41) is 7.12. The molecule has 21 heavy (non-hydrogen) atoms. The van der Waals surface area contributed by atoms with E-state index in [-0.39, 0.29) is 5.91 Å². The number of aromatic nitrogens is 2. The van der Waals surface area contributed by atoms with E-state index >= 15 is 0 Å². The number of carbonyl (C=O) groups excluding carboxylic acids is 1. The molecular formula is C16H22N4O. The predicted molar refractivity (Wildman–Crippen MR) is 84.1 cm³/mol. The summed E-state index contributed by atoms with van der Waals surface area (Å²) in [7, 11) is 3.85. The fourth-order valence-electron chi connectivity index (χ4n) is 2.13. The largest absolute Gasteiger partial charge is 0.325 e. The van der Waals surface area contributed by atoms with Gasteiger partial charge in [0, 0.05) is 30.5 Å². The third-order valence-corrected chi connectivity index (χ3v) is 3.53. The zero-order chi connectivity index (χ0) is 15.4. The van der Waals surface area contributed by atoms with Gasteiger partial charge in [0.15, 0.2) is 0 Å². The standard InChI is InChI=1S/C16H22N4O/c1-12-5-7-15(8-6-12)18-16(21)11-19(3)10-14-9-17-20(4)13(14)2/h5-9H,10-11H2,1-4H3,(H,18,21). The topological polar surface area (TPSA) is 50.2 Å². The highest BCUT2D eigenvalue weighted by Crippen LogP contribution is 2.10. The van der Waals surface area contributed by atoms with E-state index in [1.807, 2.05) is 68.0 Å². The zero-order valence-electron chi connectivity index (χ0n) is 13.1. The van der Waals surface area contributed by atoms with Crippen molar-refractivity contribution in [2.45, 2.75) is 20.4 Å². The molecule has 1 aromatic heterocycles. The number of nitrogens with zero attached hydrogens (tertiary/aromatic N) is 3. The Bertz CT molecular complexity index is 616. The molecule has 0 radical (unpaired) electrons. The van der Waals surface area contributed by atoms with Crippen LogP contribution < -0.4 is 5.32 Å². The van der Waals surface area contributed by atoms with Crippen molar-refractivity contribution in [3.8, 4) is 0 Å². The van der Waals surface area contributed by atoms with Gasteiger partial charge in [0.25, 0.3) is 0 Å². The number of carbonyl (C=O) groups is 1. The molecule has 0 aliphatic carbocycles. The van der Waals surface area contributed by atoms with Crippen molar-refractivity contribution in [3.63, 3.8) is 0 Å². The Balaban J connectivity index is 1.87. The van der Waals surface area contributed by atoms with Gasteiger partial charge in [0.1, 0.15) is 0 Å². The maximum atomic E-state index is 12.0. The average molecular weight is 286 g/mol. The molecule has 1 aromatic carbocycles. The van der Waals surface area contributed by atoms with Crippen LogP contribution in [0.3, 0.4) is 0 Å². The molecule has 0 bridgehead atoms. The normalized spacial score (nSPS) is 10.9. The maximum absolute atomic E-state index is 12.0. The van der Waals surface area contributed by atoms with Crippen LogP contribution in [-0.2, 0) is 18.4 Å². The van der Waals surface area contributed by atoms with Crippen molar-refractivity contribution >= 4 is 11.6 Å². The SMILES string of the molecule is Cc1ccc(NC(=O)CN(C)Cc2cnn(C)c2C)cc1. The fraction of sp³-hybridized carbons (Fsp3) is 0.375. The van der Waals surface area contributed by atoms with Crippen molar-refractivity contribution in [2.75, 3.05) is 18.9 Å². The molecule has 5 heteroatoms. The van der Waals surface area contributed by atoms with Gasteiger partial charge in [-0.2, -0.15) is 5.10 Å². The van der Waals surface area contributed by atoms with E-state index < -0.39 is 0 Å². The minimum Gasteiger partial charge on any atom is -0.325 e. The summed E-state index contributed by atoms with van der Waals surface area (Å²) in [6, 6.07) is 7.80. The number of hydrogen-bond donors (Lipinski definition) is 1. The first-order chi connectivity index (χ1) is 9.95. The van der Waals surface area contributed by atoms with Gasteiger partial charge in [0.05, 0.1) is 12.7 Å². The molecule has 0 saturated carbocycles. The van der Waals surface area contributed by atoms with Crippen LogP contribution in [0.4, 0.5) is 5.69 Å². The number of amides is 1. The van der Waals surface area contributed by atoms with E-state index in [0.717, 1.165) is 16.9 Å². The summed E-state index contributed by atoms with van der Waals surface area (Å²) in [4.78, 5) is 14.0. The van der Waals surface area contributed by atoms with Crippen molar-refractivity contribution in [1.29, 1.82) is 0 Å². The Morgan fingerprint density at radius 1 is 1.29 bits per heavy atom. The van der Waals surface area contributed by atoms with Crippen LogP contribution in [0.25, 0.3) is 0 Å². The summed E-state index contributed by atoms with van der Waals surface area (Å²) in [6.07, 6.45) is 1.85. The molecule has 0 spiro atoms. The number of benzene rings is 1. The van der Waals surface area contributed by atoms with E-state index in [1.54, 1.807) is 0 Å². The molecular weight excluding hydrogens is 264 g/mol. The van der Waals surface area contributed by atoms with Crippen LogP contribution in [0.5, 0.6) is 0 Å². The number of likely N-dealkylation sites (N-methyl/N-ethyl adjacent to an activating group) is 1.